The van der Waals surface area contributed by atoms with Gasteiger partial charge in [-0.15, -0.1) is 0 Å². The summed E-state index contributed by atoms with van der Waals surface area (Å²) < 4.78 is 1.47. The predicted octanol–water partition coefficient (Wildman–Crippen LogP) is 2.31. The molecule has 2 aromatic rings. The van der Waals surface area contributed by atoms with E-state index in [-0.39, 0.29) is 29.8 Å². The highest BCUT2D eigenvalue weighted by Gasteiger charge is 2.17. The average Bonchev–Trinajstić information content (AvgIpc) is 3.11. The number of carbonyl (C=O) groups is 1. The molecule has 1 unspecified atom stereocenters. The van der Waals surface area contributed by atoms with E-state index >= 15 is 0 Å². The third-order valence-electron chi connectivity index (χ3n) is 4.21. The molecule has 0 radical (unpaired) electrons. The SMILES string of the molecule is CCC(CC)C(O)CNC(=O)c1ccn(-c2ccc([N+](=O)[O-])cc2)n1. The molecule has 0 saturated heterocycles. The van der Waals surface area contributed by atoms with Crippen LogP contribution in [-0.2, 0) is 0 Å². The number of nitrogens with zero attached hydrogens (tertiary/aromatic N) is 3. The zero-order valence-corrected chi connectivity index (χ0v) is 14.3. The number of aliphatic hydroxyl groups excluding tert-OH is 1. The highest BCUT2D eigenvalue weighted by Crippen LogP contribution is 2.15. The molecule has 8 heteroatoms. The van der Waals surface area contributed by atoms with Gasteiger partial charge in [-0.1, -0.05) is 26.7 Å². The van der Waals surface area contributed by atoms with Gasteiger partial charge in [-0.3, -0.25) is 14.9 Å². The van der Waals surface area contributed by atoms with Gasteiger partial charge in [0.15, 0.2) is 5.69 Å². The Bertz CT molecular complexity index is 723. The average molecular weight is 346 g/mol. The molecule has 0 aliphatic carbocycles. The minimum atomic E-state index is -0.587. The van der Waals surface area contributed by atoms with Gasteiger partial charge >= 0.3 is 0 Å². The number of aromatic nitrogens is 2. The molecule has 0 fully saturated rings. The smallest absolute Gasteiger partial charge is 0.271 e. The number of amides is 1. The van der Waals surface area contributed by atoms with Gasteiger partial charge in [-0.05, 0) is 24.1 Å². The number of nitro groups is 1. The second-order valence-corrected chi connectivity index (χ2v) is 5.77. The lowest BCUT2D eigenvalue weighted by Gasteiger charge is -2.19. The summed E-state index contributed by atoms with van der Waals surface area (Å²) in [5, 5.41) is 27.6. The minimum Gasteiger partial charge on any atom is -0.391 e. The molecule has 0 spiro atoms. The Morgan fingerprint density at radius 2 is 1.92 bits per heavy atom. The van der Waals surface area contributed by atoms with Crippen molar-refractivity contribution < 1.29 is 14.8 Å². The molecule has 8 nitrogen and oxygen atoms in total. The van der Waals surface area contributed by atoms with Crippen molar-refractivity contribution >= 4 is 11.6 Å². The summed E-state index contributed by atoms with van der Waals surface area (Å²) in [6.45, 7) is 4.19. The van der Waals surface area contributed by atoms with E-state index in [9.17, 15) is 20.0 Å². The van der Waals surface area contributed by atoms with Crippen molar-refractivity contribution in [3.05, 3.63) is 52.3 Å². The Morgan fingerprint density at radius 1 is 1.28 bits per heavy atom. The second kappa shape index (κ2) is 8.39. The van der Waals surface area contributed by atoms with Gasteiger partial charge in [0.25, 0.3) is 11.6 Å². The van der Waals surface area contributed by atoms with Crippen LogP contribution in [0, 0.1) is 16.0 Å². The van der Waals surface area contributed by atoms with Crippen LogP contribution in [0.3, 0.4) is 0 Å². The summed E-state index contributed by atoms with van der Waals surface area (Å²) in [6.07, 6.45) is 2.72. The summed E-state index contributed by atoms with van der Waals surface area (Å²) in [4.78, 5) is 22.3. The van der Waals surface area contributed by atoms with Crippen molar-refractivity contribution in [3.8, 4) is 5.69 Å². The maximum Gasteiger partial charge on any atom is 0.271 e. The van der Waals surface area contributed by atoms with Crippen molar-refractivity contribution in [1.29, 1.82) is 0 Å². The third-order valence-corrected chi connectivity index (χ3v) is 4.21. The molecule has 1 heterocycles. The number of non-ortho nitro benzene ring substituents is 1. The number of hydrogen-bond acceptors (Lipinski definition) is 5. The molecule has 1 aromatic carbocycles. The van der Waals surface area contributed by atoms with Gasteiger partial charge < -0.3 is 10.4 Å². The first-order valence-corrected chi connectivity index (χ1v) is 8.23. The van der Waals surface area contributed by atoms with Crippen LogP contribution in [0.15, 0.2) is 36.5 Å². The van der Waals surface area contributed by atoms with Gasteiger partial charge in [0.2, 0.25) is 0 Å². The maximum absolute atomic E-state index is 12.1. The van der Waals surface area contributed by atoms with Crippen molar-refractivity contribution in [1.82, 2.24) is 15.1 Å². The lowest BCUT2D eigenvalue weighted by atomic mass is 9.96. The fraction of sp³-hybridized carbons (Fsp3) is 0.412. The van der Waals surface area contributed by atoms with Crippen LogP contribution in [-0.4, -0.2) is 38.4 Å². The Morgan fingerprint density at radius 3 is 2.48 bits per heavy atom. The molecular formula is C17H22N4O4. The summed E-state index contributed by atoms with van der Waals surface area (Å²) in [5.74, 6) is -0.219. The molecule has 1 amide bonds. The van der Waals surface area contributed by atoms with E-state index in [2.05, 4.69) is 10.4 Å². The first kappa shape index (κ1) is 18.6. The standard InChI is InChI=1S/C17H22N4O4/c1-3-12(4-2)16(22)11-18-17(23)15-9-10-20(19-15)13-5-7-14(8-6-13)21(24)25/h5-10,12,16,22H,3-4,11H2,1-2H3,(H,18,23). The third kappa shape index (κ3) is 4.63. The van der Waals surface area contributed by atoms with Crippen LogP contribution < -0.4 is 5.32 Å². The van der Waals surface area contributed by atoms with Gasteiger partial charge in [0.05, 0.1) is 16.7 Å². The molecule has 134 valence electrons. The van der Waals surface area contributed by atoms with E-state index in [4.69, 9.17) is 0 Å². The fourth-order valence-corrected chi connectivity index (χ4v) is 2.60. The van der Waals surface area contributed by atoms with Crippen molar-refractivity contribution in [2.24, 2.45) is 5.92 Å². The maximum atomic E-state index is 12.1. The van der Waals surface area contributed by atoms with E-state index in [0.29, 0.717) is 5.69 Å². The number of benzene rings is 1. The zero-order chi connectivity index (χ0) is 18.4. The first-order valence-electron chi connectivity index (χ1n) is 8.23. The van der Waals surface area contributed by atoms with Crippen LogP contribution in [0.5, 0.6) is 0 Å². The van der Waals surface area contributed by atoms with Crippen LogP contribution in [0.1, 0.15) is 37.2 Å². The topological polar surface area (TPSA) is 110 Å². The highest BCUT2D eigenvalue weighted by molar-refractivity contribution is 5.92. The summed E-state index contributed by atoms with van der Waals surface area (Å²) >= 11 is 0. The lowest BCUT2D eigenvalue weighted by Crippen LogP contribution is -2.36. The number of nitro benzene ring substituents is 1. The van der Waals surface area contributed by atoms with Crippen LogP contribution in [0.2, 0.25) is 0 Å². The fourth-order valence-electron chi connectivity index (χ4n) is 2.60. The number of nitrogens with one attached hydrogen (secondary N) is 1. The lowest BCUT2D eigenvalue weighted by molar-refractivity contribution is -0.384. The highest BCUT2D eigenvalue weighted by atomic mass is 16.6. The van der Waals surface area contributed by atoms with E-state index in [1.54, 1.807) is 24.4 Å². The molecule has 2 N–H and O–H groups in total. The zero-order valence-electron chi connectivity index (χ0n) is 14.3. The molecular weight excluding hydrogens is 324 g/mol. The van der Waals surface area contributed by atoms with Crippen molar-refractivity contribution in [2.45, 2.75) is 32.8 Å². The van der Waals surface area contributed by atoms with E-state index < -0.39 is 11.0 Å². The molecule has 1 aromatic heterocycles. The van der Waals surface area contributed by atoms with Crippen molar-refractivity contribution in [3.63, 3.8) is 0 Å². The Balaban J connectivity index is 2.00. The Kier molecular flexibility index (Phi) is 6.24. The quantitative estimate of drug-likeness (QED) is 0.563. The van der Waals surface area contributed by atoms with Gasteiger partial charge in [-0.2, -0.15) is 5.10 Å². The molecule has 0 saturated carbocycles. The number of rotatable bonds is 8. The van der Waals surface area contributed by atoms with E-state index in [1.165, 1.54) is 16.8 Å². The largest absolute Gasteiger partial charge is 0.391 e. The molecule has 0 bridgehead atoms. The minimum absolute atomic E-state index is 0.00994. The van der Waals surface area contributed by atoms with Crippen molar-refractivity contribution in [2.75, 3.05) is 6.54 Å². The van der Waals surface area contributed by atoms with Crippen LogP contribution in [0.25, 0.3) is 5.69 Å². The van der Waals surface area contributed by atoms with E-state index in [0.717, 1.165) is 12.8 Å². The summed E-state index contributed by atoms with van der Waals surface area (Å²) in [7, 11) is 0. The molecule has 1 atom stereocenters. The number of carbonyl (C=O) groups excluding carboxylic acids is 1. The number of hydrogen-bond donors (Lipinski definition) is 2. The second-order valence-electron chi connectivity index (χ2n) is 5.77. The molecule has 0 aliphatic heterocycles. The van der Waals surface area contributed by atoms with Gasteiger partial charge in [0, 0.05) is 24.9 Å². The number of aliphatic hydroxyl groups is 1. The Labute approximate surface area is 145 Å². The Hall–Kier alpha value is -2.74. The van der Waals surface area contributed by atoms with Gasteiger partial charge in [-0.25, -0.2) is 4.68 Å². The van der Waals surface area contributed by atoms with E-state index in [1.807, 2.05) is 13.8 Å². The monoisotopic (exact) mass is 346 g/mol. The van der Waals surface area contributed by atoms with Crippen LogP contribution in [0.4, 0.5) is 5.69 Å². The normalized spacial score (nSPS) is 12.2. The first-order chi connectivity index (χ1) is 12.0. The molecule has 2 rings (SSSR count). The molecule has 0 aliphatic rings. The van der Waals surface area contributed by atoms with Crippen LogP contribution >= 0.6 is 0 Å². The predicted molar refractivity (Wildman–Crippen MR) is 92.6 cm³/mol. The summed E-state index contributed by atoms with van der Waals surface area (Å²) in [6, 6.07) is 7.43. The summed E-state index contributed by atoms with van der Waals surface area (Å²) in [5.41, 5.74) is 0.820. The van der Waals surface area contributed by atoms with Gasteiger partial charge in [0.1, 0.15) is 0 Å². The molecule has 25 heavy (non-hydrogen) atoms.